The number of carbonyl (C=O) groups is 2. The number of ether oxygens (including phenoxy) is 2. The fourth-order valence-electron chi connectivity index (χ4n) is 3.86. The topological polar surface area (TPSA) is 83.1 Å². The van der Waals surface area contributed by atoms with Gasteiger partial charge in [-0.1, -0.05) is 6.92 Å². The Bertz CT molecular complexity index is 1020. The largest absolute Gasteiger partial charge is 0.486 e. The van der Waals surface area contributed by atoms with E-state index in [1.807, 2.05) is 36.1 Å². The van der Waals surface area contributed by atoms with Crippen LogP contribution in [0.2, 0.25) is 0 Å². The lowest BCUT2D eigenvalue weighted by Crippen LogP contribution is -2.48. The molecule has 4 rings (SSSR count). The van der Waals surface area contributed by atoms with Crippen LogP contribution in [0.3, 0.4) is 0 Å². The Kier molecular flexibility index (Phi) is 7.29. The Labute approximate surface area is 198 Å². The van der Waals surface area contributed by atoms with Gasteiger partial charge in [0.15, 0.2) is 16.6 Å². The zero-order chi connectivity index (χ0) is 23.2. The van der Waals surface area contributed by atoms with Crippen LogP contribution >= 0.6 is 12.2 Å². The standard InChI is InChI=1S/C24H28N4O4S/c1-2-3-22(29)28-12-10-27(11-13-28)19-7-5-18(6-8-19)25-24(33)26-23(30)17-4-9-20-21(16-17)32-15-14-31-20/h4-9,16H,2-3,10-15H2,1H3,(H2,25,26,30,33). The molecule has 2 amide bonds. The molecule has 0 atom stereocenters. The first kappa shape index (κ1) is 22.8. The highest BCUT2D eigenvalue weighted by Crippen LogP contribution is 2.30. The normalized spacial score (nSPS) is 15.1. The van der Waals surface area contributed by atoms with Crippen LogP contribution in [0, 0.1) is 0 Å². The number of rotatable bonds is 5. The van der Waals surface area contributed by atoms with E-state index in [4.69, 9.17) is 21.7 Å². The van der Waals surface area contributed by atoms with E-state index in [2.05, 4.69) is 15.5 Å². The molecule has 2 aromatic carbocycles. The first-order valence-electron chi connectivity index (χ1n) is 11.2. The Hall–Kier alpha value is -3.33. The number of thiocarbonyl (C=S) groups is 1. The quantitative estimate of drug-likeness (QED) is 0.653. The Morgan fingerprint density at radius 3 is 2.36 bits per heavy atom. The van der Waals surface area contributed by atoms with Crippen LogP contribution in [0.4, 0.5) is 11.4 Å². The summed E-state index contributed by atoms with van der Waals surface area (Å²) < 4.78 is 11.0. The Morgan fingerprint density at radius 1 is 0.970 bits per heavy atom. The van der Waals surface area contributed by atoms with Gasteiger partial charge >= 0.3 is 0 Å². The van der Waals surface area contributed by atoms with Crippen LogP contribution in [-0.4, -0.2) is 61.2 Å². The summed E-state index contributed by atoms with van der Waals surface area (Å²) in [5, 5.41) is 5.95. The molecule has 0 saturated carbocycles. The highest BCUT2D eigenvalue weighted by atomic mass is 32.1. The maximum absolute atomic E-state index is 12.5. The summed E-state index contributed by atoms with van der Waals surface area (Å²) in [4.78, 5) is 28.8. The first-order chi connectivity index (χ1) is 16.0. The van der Waals surface area contributed by atoms with Gasteiger partial charge in [0.05, 0.1) is 0 Å². The van der Waals surface area contributed by atoms with Gasteiger partial charge in [-0.2, -0.15) is 0 Å². The zero-order valence-corrected chi connectivity index (χ0v) is 19.5. The molecule has 0 aromatic heterocycles. The maximum Gasteiger partial charge on any atom is 0.257 e. The predicted octanol–water partition coefficient (Wildman–Crippen LogP) is 3.03. The van der Waals surface area contributed by atoms with Crippen molar-refractivity contribution in [3.05, 3.63) is 48.0 Å². The Balaban J connectivity index is 1.28. The van der Waals surface area contributed by atoms with Gasteiger partial charge in [0.1, 0.15) is 13.2 Å². The van der Waals surface area contributed by atoms with E-state index >= 15 is 0 Å². The van der Waals surface area contributed by atoms with Crippen LogP contribution in [0.15, 0.2) is 42.5 Å². The van der Waals surface area contributed by atoms with Crippen molar-refractivity contribution in [3.8, 4) is 11.5 Å². The molecule has 1 fully saturated rings. The van der Waals surface area contributed by atoms with Crippen molar-refractivity contribution in [2.75, 3.05) is 49.6 Å². The zero-order valence-electron chi connectivity index (χ0n) is 18.6. The van der Waals surface area contributed by atoms with E-state index in [0.717, 1.165) is 44.0 Å². The monoisotopic (exact) mass is 468 g/mol. The summed E-state index contributed by atoms with van der Waals surface area (Å²) in [5.74, 6) is 1.10. The summed E-state index contributed by atoms with van der Waals surface area (Å²) >= 11 is 5.30. The van der Waals surface area contributed by atoms with E-state index in [9.17, 15) is 9.59 Å². The SMILES string of the molecule is CCCC(=O)N1CCN(c2ccc(NC(=S)NC(=O)c3ccc4c(c3)OCCO4)cc2)CC1. The van der Waals surface area contributed by atoms with Crippen molar-refractivity contribution in [2.45, 2.75) is 19.8 Å². The lowest BCUT2D eigenvalue weighted by atomic mass is 10.2. The maximum atomic E-state index is 12.5. The van der Waals surface area contributed by atoms with Gasteiger partial charge in [-0.3, -0.25) is 14.9 Å². The van der Waals surface area contributed by atoms with Crippen LogP contribution in [0.1, 0.15) is 30.1 Å². The van der Waals surface area contributed by atoms with Crippen molar-refractivity contribution < 1.29 is 19.1 Å². The molecule has 2 aromatic rings. The van der Waals surface area contributed by atoms with Gasteiger partial charge in [0.2, 0.25) is 5.91 Å². The second-order valence-electron chi connectivity index (χ2n) is 7.93. The van der Waals surface area contributed by atoms with Crippen LogP contribution in [-0.2, 0) is 4.79 Å². The fourth-order valence-corrected chi connectivity index (χ4v) is 4.07. The molecule has 0 radical (unpaired) electrons. The predicted molar refractivity (Wildman–Crippen MR) is 131 cm³/mol. The number of carbonyl (C=O) groups excluding carboxylic acids is 2. The number of benzene rings is 2. The molecular weight excluding hydrogens is 440 g/mol. The number of nitrogens with zero attached hydrogens (tertiary/aromatic N) is 2. The minimum absolute atomic E-state index is 0.214. The molecule has 174 valence electrons. The molecular formula is C24H28N4O4S. The molecule has 2 aliphatic heterocycles. The molecule has 0 unspecified atom stereocenters. The number of hydrogen-bond donors (Lipinski definition) is 2. The van der Waals surface area contributed by atoms with Crippen molar-refractivity contribution in [3.63, 3.8) is 0 Å². The third-order valence-corrected chi connectivity index (χ3v) is 5.82. The third-order valence-electron chi connectivity index (χ3n) is 5.62. The Morgan fingerprint density at radius 2 is 1.67 bits per heavy atom. The summed E-state index contributed by atoms with van der Waals surface area (Å²) in [6, 6.07) is 12.9. The van der Waals surface area contributed by atoms with Crippen LogP contribution in [0.5, 0.6) is 11.5 Å². The van der Waals surface area contributed by atoms with Gasteiger partial charge < -0.3 is 24.6 Å². The van der Waals surface area contributed by atoms with Gasteiger partial charge in [0.25, 0.3) is 5.91 Å². The highest BCUT2D eigenvalue weighted by molar-refractivity contribution is 7.80. The van der Waals surface area contributed by atoms with Gasteiger partial charge in [-0.25, -0.2) is 0 Å². The molecule has 1 saturated heterocycles. The molecule has 9 heteroatoms. The van der Waals surface area contributed by atoms with Crippen molar-refractivity contribution in [1.82, 2.24) is 10.2 Å². The van der Waals surface area contributed by atoms with Crippen molar-refractivity contribution >= 4 is 40.5 Å². The van der Waals surface area contributed by atoms with Crippen LogP contribution in [0.25, 0.3) is 0 Å². The van der Waals surface area contributed by atoms with E-state index in [1.54, 1.807) is 18.2 Å². The molecule has 8 nitrogen and oxygen atoms in total. The number of amides is 2. The number of fused-ring (bicyclic) bond motifs is 1. The first-order valence-corrected chi connectivity index (χ1v) is 11.6. The number of piperazine rings is 1. The smallest absolute Gasteiger partial charge is 0.257 e. The molecule has 2 N–H and O–H groups in total. The number of nitrogens with one attached hydrogen (secondary N) is 2. The summed E-state index contributed by atoms with van der Waals surface area (Å²) in [7, 11) is 0. The minimum atomic E-state index is -0.323. The summed E-state index contributed by atoms with van der Waals surface area (Å²) in [5.41, 5.74) is 2.31. The molecule has 0 spiro atoms. The van der Waals surface area contributed by atoms with Gasteiger partial charge in [-0.15, -0.1) is 0 Å². The average molecular weight is 469 g/mol. The molecule has 2 aliphatic rings. The highest BCUT2D eigenvalue weighted by Gasteiger charge is 2.20. The van der Waals surface area contributed by atoms with E-state index in [1.165, 1.54) is 0 Å². The lowest BCUT2D eigenvalue weighted by molar-refractivity contribution is -0.131. The fraction of sp³-hybridized carbons (Fsp3) is 0.375. The summed E-state index contributed by atoms with van der Waals surface area (Å²) in [6.07, 6.45) is 1.50. The average Bonchev–Trinajstić information content (AvgIpc) is 2.84. The number of anilines is 2. The lowest BCUT2D eigenvalue weighted by Gasteiger charge is -2.36. The second-order valence-corrected chi connectivity index (χ2v) is 8.34. The van der Waals surface area contributed by atoms with E-state index < -0.39 is 0 Å². The molecule has 0 bridgehead atoms. The van der Waals surface area contributed by atoms with Gasteiger partial charge in [-0.05, 0) is 61.1 Å². The molecule has 33 heavy (non-hydrogen) atoms. The van der Waals surface area contributed by atoms with E-state index in [-0.39, 0.29) is 16.9 Å². The minimum Gasteiger partial charge on any atom is -0.486 e. The third kappa shape index (κ3) is 5.73. The van der Waals surface area contributed by atoms with Crippen LogP contribution < -0.4 is 25.0 Å². The van der Waals surface area contributed by atoms with Crippen molar-refractivity contribution in [1.29, 1.82) is 0 Å². The van der Waals surface area contributed by atoms with Gasteiger partial charge in [0, 0.05) is 49.5 Å². The number of hydrogen-bond acceptors (Lipinski definition) is 6. The molecule has 0 aliphatic carbocycles. The van der Waals surface area contributed by atoms with Crippen molar-refractivity contribution in [2.24, 2.45) is 0 Å². The summed E-state index contributed by atoms with van der Waals surface area (Å²) in [6.45, 7) is 6.10. The molecule has 2 heterocycles. The van der Waals surface area contributed by atoms with E-state index in [0.29, 0.717) is 36.7 Å². The second kappa shape index (κ2) is 10.5.